The maximum absolute atomic E-state index is 9.20. The second-order valence-corrected chi connectivity index (χ2v) is 4.70. The van der Waals surface area contributed by atoms with Gasteiger partial charge in [0.05, 0.1) is 6.10 Å². The van der Waals surface area contributed by atoms with E-state index in [0.29, 0.717) is 12.1 Å². The number of rotatable bonds is 4. The molecule has 14 heavy (non-hydrogen) atoms. The number of nitrogens with two attached hydrogens (primary N) is 1. The van der Waals surface area contributed by atoms with E-state index in [-0.39, 0.29) is 6.10 Å². The first-order valence-electron chi connectivity index (χ1n) is 5.73. The third-order valence-corrected chi connectivity index (χ3v) is 3.21. The molecule has 0 aromatic heterocycles. The first-order valence-corrected chi connectivity index (χ1v) is 5.73. The number of hydrogen-bond donors (Lipinski definition) is 2. The fraction of sp³-hybridized carbons (Fsp3) is 1.00. The molecule has 0 bridgehead atoms. The Balaban J connectivity index is 2.25. The van der Waals surface area contributed by atoms with Crippen LogP contribution >= 0.6 is 0 Å². The van der Waals surface area contributed by atoms with E-state index in [2.05, 4.69) is 11.9 Å². The molecule has 1 aliphatic carbocycles. The molecular weight excluding hydrogens is 176 g/mol. The molecule has 0 aromatic carbocycles. The van der Waals surface area contributed by atoms with Gasteiger partial charge >= 0.3 is 0 Å². The normalized spacial score (nSPS) is 30.6. The highest BCUT2D eigenvalue weighted by atomic mass is 16.3. The second kappa shape index (κ2) is 5.69. The summed E-state index contributed by atoms with van der Waals surface area (Å²) in [6.07, 6.45) is 5.50. The summed E-state index contributed by atoms with van der Waals surface area (Å²) in [4.78, 5) is 2.35. The predicted octanol–water partition coefficient (Wildman–Crippen LogP) is 0.959. The molecule has 0 amide bonds. The summed E-state index contributed by atoms with van der Waals surface area (Å²) in [7, 11) is 2.14. The Hall–Kier alpha value is -0.120. The van der Waals surface area contributed by atoms with E-state index < -0.39 is 0 Å². The van der Waals surface area contributed by atoms with Crippen LogP contribution in [0.15, 0.2) is 0 Å². The maximum Gasteiger partial charge on any atom is 0.0524 e. The summed E-state index contributed by atoms with van der Waals surface area (Å²) in [6.45, 7) is 2.83. The van der Waals surface area contributed by atoms with E-state index in [4.69, 9.17) is 5.73 Å². The monoisotopic (exact) mass is 200 g/mol. The highest BCUT2D eigenvalue weighted by Gasteiger charge is 2.22. The molecular formula is C11H24N2O. The fourth-order valence-electron chi connectivity index (χ4n) is 2.17. The van der Waals surface area contributed by atoms with E-state index >= 15 is 0 Å². The summed E-state index contributed by atoms with van der Waals surface area (Å²) in [5.41, 5.74) is 5.94. The van der Waals surface area contributed by atoms with Gasteiger partial charge in [-0.2, -0.15) is 0 Å². The van der Waals surface area contributed by atoms with Crippen molar-refractivity contribution in [1.29, 1.82) is 0 Å². The van der Waals surface area contributed by atoms with Crippen molar-refractivity contribution >= 4 is 0 Å². The van der Waals surface area contributed by atoms with Crippen LogP contribution in [0.5, 0.6) is 0 Å². The molecule has 3 unspecified atom stereocenters. The molecule has 1 aliphatic rings. The van der Waals surface area contributed by atoms with Crippen LogP contribution < -0.4 is 5.73 Å². The zero-order chi connectivity index (χ0) is 10.6. The van der Waals surface area contributed by atoms with Crippen LogP contribution in [0.4, 0.5) is 0 Å². The average molecular weight is 200 g/mol. The molecule has 3 N–H and O–H groups in total. The lowest BCUT2D eigenvalue weighted by molar-refractivity contribution is 0.132. The van der Waals surface area contributed by atoms with Crippen molar-refractivity contribution in [2.75, 3.05) is 13.6 Å². The topological polar surface area (TPSA) is 49.5 Å². The van der Waals surface area contributed by atoms with Crippen molar-refractivity contribution in [3.05, 3.63) is 0 Å². The molecule has 3 nitrogen and oxygen atoms in total. The van der Waals surface area contributed by atoms with Crippen LogP contribution in [0.25, 0.3) is 0 Å². The van der Waals surface area contributed by atoms with Gasteiger partial charge in [0, 0.05) is 18.6 Å². The number of nitrogens with zero attached hydrogens (tertiary/aromatic N) is 1. The predicted molar refractivity (Wildman–Crippen MR) is 59.2 cm³/mol. The minimum Gasteiger partial charge on any atom is -0.393 e. The first kappa shape index (κ1) is 12.0. The molecule has 0 heterocycles. The van der Waals surface area contributed by atoms with Crippen molar-refractivity contribution < 1.29 is 5.11 Å². The summed E-state index contributed by atoms with van der Waals surface area (Å²) in [5.74, 6) is 0. The van der Waals surface area contributed by atoms with E-state index in [1.54, 1.807) is 0 Å². The third-order valence-electron chi connectivity index (χ3n) is 3.21. The smallest absolute Gasteiger partial charge is 0.0524 e. The Morgan fingerprint density at radius 2 is 2.21 bits per heavy atom. The molecule has 0 aromatic rings. The Labute approximate surface area is 87.3 Å². The Bertz CT molecular complexity index is 161. The molecule has 0 saturated heterocycles. The van der Waals surface area contributed by atoms with Gasteiger partial charge in [-0.15, -0.1) is 0 Å². The number of aliphatic hydroxyl groups is 1. The maximum atomic E-state index is 9.20. The van der Waals surface area contributed by atoms with Crippen molar-refractivity contribution in [3.8, 4) is 0 Å². The van der Waals surface area contributed by atoms with Crippen molar-refractivity contribution in [2.45, 2.75) is 57.2 Å². The highest BCUT2D eigenvalue weighted by Crippen LogP contribution is 2.21. The lowest BCUT2D eigenvalue weighted by atomic mass is 9.90. The molecule has 1 fully saturated rings. The van der Waals surface area contributed by atoms with Gasteiger partial charge in [-0.25, -0.2) is 0 Å². The van der Waals surface area contributed by atoms with Gasteiger partial charge in [0.25, 0.3) is 0 Å². The van der Waals surface area contributed by atoms with E-state index in [9.17, 15) is 5.11 Å². The van der Waals surface area contributed by atoms with Crippen LogP contribution in [0, 0.1) is 0 Å². The van der Waals surface area contributed by atoms with Crippen molar-refractivity contribution in [3.63, 3.8) is 0 Å². The third kappa shape index (κ3) is 3.95. The Morgan fingerprint density at radius 1 is 1.50 bits per heavy atom. The van der Waals surface area contributed by atoms with Gasteiger partial charge in [-0.05, 0) is 39.7 Å². The first-order chi connectivity index (χ1) is 6.59. The number of hydrogen-bond acceptors (Lipinski definition) is 3. The fourth-order valence-corrected chi connectivity index (χ4v) is 2.17. The average Bonchev–Trinajstić information content (AvgIpc) is 2.14. The minimum atomic E-state index is -0.185. The van der Waals surface area contributed by atoms with Gasteiger partial charge in [-0.3, -0.25) is 0 Å². The summed E-state index contributed by atoms with van der Waals surface area (Å²) in [6, 6.07) is 1.03. The second-order valence-electron chi connectivity index (χ2n) is 4.70. The van der Waals surface area contributed by atoms with Crippen molar-refractivity contribution in [2.24, 2.45) is 5.73 Å². The molecule has 84 valence electrons. The van der Waals surface area contributed by atoms with Crippen LogP contribution in [-0.2, 0) is 0 Å². The zero-order valence-electron chi connectivity index (χ0n) is 9.45. The number of aliphatic hydroxyl groups excluding tert-OH is 1. The standard InChI is InChI=1S/C11H24N2O/c1-9(14)6-7-13(2)11-5-3-4-10(12)8-11/h9-11,14H,3-8,12H2,1-2H3. The van der Waals surface area contributed by atoms with Crippen LogP contribution in [0.1, 0.15) is 39.0 Å². The van der Waals surface area contributed by atoms with E-state index in [1.165, 1.54) is 19.3 Å². The Kier molecular flexibility index (Phi) is 4.85. The van der Waals surface area contributed by atoms with E-state index in [1.807, 2.05) is 6.92 Å². The minimum absolute atomic E-state index is 0.185. The summed E-state index contributed by atoms with van der Waals surface area (Å²) < 4.78 is 0. The lowest BCUT2D eigenvalue weighted by Gasteiger charge is -2.34. The molecule has 0 aliphatic heterocycles. The van der Waals surface area contributed by atoms with E-state index in [0.717, 1.165) is 19.4 Å². The molecule has 3 heteroatoms. The zero-order valence-corrected chi connectivity index (χ0v) is 9.45. The molecule has 1 saturated carbocycles. The van der Waals surface area contributed by atoms with Crippen molar-refractivity contribution in [1.82, 2.24) is 4.90 Å². The van der Waals surface area contributed by atoms with Gasteiger partial charge in [0.1, 0.15) is 0 Å². The van der Waals surface area contributed by atoms with Crippen LogP contribution in [0.3, 0.4) is 0 Å². The highest BCUT2D eigenvalue weighted by molar-refractivity contribution is 4.80. The molecule has 0 spiro atoms. The largest absolute Gasteiger partial charge is 0.393 e. The Morgan fingerprint density at radius 3 is 2.79 bits per heavy atom. The van der Waals surface area contributed by atoms with Crippen LogP contribution in [0.2, 0.25) is 0 Å². The molecule has 0 radical (unpaired) electrons. The molecule has 3 atom stereocenters. The van der Waals surface area contributed by atoms with Gasteiger partial charge in [0.2, 0.25) is 0 Å². The quantitative estimate of drug-likeness (QED) is 0.710. The van der Waals surface area contributed by atoms with Gasteiger partial charge in [0.15, 0.2) is 0 Å². The SMILES string of the molecule is CC(O)CCN(C)C1CCCC(N)C1. The van der Waals surface area contributed by atoms with Gasteiger partial charge < -0.3 is 15.7 Å². The van der Waals surface area contributed by atoms with Crippen LogP contribution in [-0.4, -0.2) is 41.8 Å². The summed E-state index contributed by atoms with van der Waals surface area (Å²) >= 11 is 0. The van der Waals surface area contributed by atoms with Gasteiger partial charge in [-0.1, -0.05) is 6.42 Å². The molecule has 1 rings (SSSR count). The lowest BCUT2D eigenvalue weighted by Crippen LogP contribution is -2.41. The summed E-state index contributed by atoms with van der Waals surface area (Å²) in [5, 5.41) is 9.20.